The van der Waals surface area contributed by atoms with E-state index < -0.39 is 15.5 Å². The van der Waals surface area contributed by atoms with Gasteiger partial charge in [-0.15, -0.1) is 5.10 Å². The van der Waals surface area contributed by atoms with E-state index in [0.717, 1.165) is 40.8 Å². The van der Waals surface area contributed by atoms with Gasteiger partial charge in [0.05, 0.1) is 11.4 Å². The minimum atomic E-state index is -3.78. The zero-order valence-electron chi connectivity index (χ0n) is 14.3. The second-order valence-electron chi connectivity index (χ2n) is 6.29. The molecule has 8 nitrogen and oxygen atoms in total. The maximum atomic E-state index is 12.8. The number of aromatic nitrogens is 5. The zero-order valence-corrected chi connectivity index (χ0v) is 15.2. The third-order valence-corrected chi connectivity index (χ3v) is 6.18. The summed E-state index contributed by atoms with van der Waals surface area (Å²) in [5, 5.41) is 10.3. The van der Waals surface area contributed by atoms with Gasteiger partial charge in [-0.1, -0.05) is 18.2 Å². The molecule has 0 aliphatic heterocycles. The van der Waals surface area contributed by atoms with Crippen molar-refractivity contribution in [3.05, 3.63) is 57.8 Å². The monoisotopic (exact) mass is 373 g/mol. The average Bonchev–Trinajstić information content (AvgIpc) is 3.32. The minimum absolute atomic E-state index is 0.231. The van der Waals surface area contributed by atoms with E-state index in [4.69, 9.17) is 0 Å². The van der Waals surface area contributed by atoms with Gasteiger partial charge in [0.25, 0.3) is 5.16 Å². The van der Waals surface area contributed by atoms with Crippen molar-refractivity contribution >= 4 is 9.84 Å². The molecular weight excluding hydrogens is 354 g/mol. The van der Waals surface area contributed by atoms with Crippen LogP contribution in [-0.2, 0) is 35.0 Å². The molecule has 136 valence electrons. The first-order valence-electron chi connectivity index (χ1n) is 8.54. The summed E-state index contributed by atoms with van der Waals surface area (Å²) >= 11 is 0. The molecule has 4 rings (SSSR count). The largest absolute Gasteiger partial charge is 0.344 e. The summed E-state index contributed by atoms with van der Waals surface area (Å²) in [7, 11) is -3.78. The van der Waals surface area contributed by atoms with Crippen LogP contribution in [0, 0.1) is 0 Å². The molecule has 0 amide bonds. The molecule has 1 aliphatic carbocycles. The molecule has 0 bridgehead atoms. The fraction of sp³-hybridized carbons (Fsp3) is 0.353. The summed E-state index contributed by atoms with van der Waals surface area (Å²) in [4.78, 5) is 11.7. The van der Waals surface area contributed by atoms with Crippen LogP contribution in [0.15, 0.2) is 40.3 Å². The van der Waals surface area contributed by atoms with Crippen LogP contribution in [0.2, 0.25) is 0 Å². The molecule has 1 aliphatic rings. The lowest BCUT2D eigenvalue weighted by molar-refractivity contribution is 0.563. The number of sulfone groups is 1. The normalized spacial score (nSPS) is 13.9. The molecule has 0 fully saturated rings. The Labute approximate surface area is 150 Å². The van der Waals surface area contributed by atoms with Crippen molar-refractivity contribution in [2.24, 2.45) is 0 Å². The topological polar surface area (TPSA) is 103 Å². The second-order valence-corrected chi connectivity index (χ2v) is 8.17. The van der Waals surface area contributed by atoms with Gasteiger partial charge in [0.15, 0.2) is 0 Å². The number of para-hydroxylation sites is 1. The first-order chi connectivity index (χ1) is 12.5. The first kappa shape index (κ1) is 16.8. The van der Waals surface area contributed by atoms with E-state index in [1.54, 1.807) is 6.92 Å². The Kier molecular flexibility index (Phi) is 4.03. The lowest BCUT2D eigenvalue weighted by atomic mass is 10.2. The Balaban J connectivity index is 1.77. The van der Waals surface area contributed by atoms with Gasteiger partial charge in [0, 0.05) is 12.2 Å². The molecule has 0 spiro atoms. The van der Waals surface area contributed by atoms with Crippen LogP contribution in [-0.4, -0.2) is 33.0 Å². The van der Waals surface area contributed by atoms with Crippen molar-refractivity contribution in [1.29, 1.82) is 0 Å². The fourth-order valence-corrected chi connectivity index (χ4v) is 4.93. The van der Waals surface area contributed by atoms with Crippen LogP contribution < -0.4 is 5.69 Å². The molecule has 9 heteroatoms. The van der Waals surface area contributed by atoms with Crippen molar-refractivity contribution in [2.75, 3.05) is 0 Å². The van der Waals surface area contributed by atoms with Crippen molar-refractivity contribution in [3.63, 3.8) is 0 Å². The second kappa shape index (κ2) is 6.24. The molecule has 0 atom stereocenters. The van der Waals surface area contributed by atoms with Gasteiger partial charge in [-0.3, -0.25) is 4.57 Å². The molecule has 26 heavy (non-hydrogen) atoms. The quantitative estimate of drug-likeness (QED) is 0.725. The fourth-order valence-electron chi connectivity index (χ4n) is 3.48. The Bertz CT molecular complexity index is 1110. The summed E-state index contributed by atoms with van der Waals surface area (Å²) in [6.45, 7) is 1.94. The van der Waals surface area contributed by atoms with E-state index in [2.05, 4.69) is 15.3 Å². The van der Waals surface area contributed by atoms with E-state index >= 15 is 0 Å². The molecule has 0 saturated heterocycles. The highest BCUT2D eigenvalue weighted by Gasteiger charge is 2.29. The third kappa shape index (κ3) is 2.68. The number of hydrogen-bond donors (Lipinski definition) is 1. The highest BCUT2D eigenvalue weighted by Crippen LogP contribution is 2.29. The summed E-state index contributed by atoms with van der Waals surface area (Å²) in [6.07, 6.45) is 2.67. The van der Waals surface area contributed by atoms with Gasteiger partial charge in [-0.2, -0.15) is 5.10 Å². The summed E-state index contributed by atoms with van der Waals surface area (Å²) < 4.78 is 28.7. The maximum Gasteiger partial charge on any atom is 0.344 e. The van der Waals surface area contributed by atoms with Gasteiger partial charge >= 0.3 is 5.69 Å². The Morgan fingerprint density at radius 2 is 1.96 bits per heavy atom. The van der Waals surface area contributed by atoms with Gasteiger partial charge in [-0.25, -0.2) is 23.0 Å². The third-order valence-electron chi connectivity index (χ3n) is 4.66. The maximum absolute atomic E-state index is 12.8. The SMILES string of the molecule is CCn1c(S(=O)(=O)Cc2nn(-c3ccccc3)c3c2CCC3)n[nH]c1=O. The molecule has 0 unspecified atom stereocenters. The van der Waals surface area contributed by atoms with E-state index in [1.807, 2.05) is 35.0 Å². The lowest BCUT2D eigenvalue weighted by Crippen LogP contribution is -2.21. The molecule has 1 N–H and O–H groups in total. The van der Waals surface area contributed by atoms with Gasteiger partial charge < -0.3 is 0 Å². The van der Waals surface area contributed by atoms with E-state index in [9.17, 15) is 13.2 Å². The highest BCUT2D eigenvalue weighted by molar-refractivity contribution is 7.90. The Morgan fingerprint density at radius 3 is 2.69 bits per heavy atom. The van der Waals surface area contributed by atoms with Crippen LogP contribution in [0.4, 0.5) is 0 Å². The molecule has 0 saturated carbocycles. The van der Waals surface area contributed by atoms with Crippen molar-refractivity contribution in [2.45, 2.75) is 43.6 Å². The molecule has 3 aromatic rings. The minimum Gasteiger partial charge on any atom is -0.266 e. The summed E-state index contributed by atoms with van der Waals surface area (Å²) in [5.74, 6) is -0.264. The number of hydrogen-bond acceptors (Lipinski definition) is 5. The first-order valence-corrected chi connectivity index (χ1v) is 10.2. The number of aromatic amines is 1. The van der Waals surface area contributed by atoms with Crippen LogP contribution in [0.5, 0.6) is 0 Å². The Morgan fingerprint density at radius 1 is 1.19 bits per heavy atom. The average molecular weight is 373 g/mol. The molecule has 2 aromatic heterocycles. The smallest absolute Gasteiger partial charge is 0.266 e. The van der Waals surface area contributed by atoms with E-state index in [1.165, 1.54) is 0 Å². The molecular formula is C17H19N5O3S. The molecule has 1 aromatic carbocycles. The van der Waals surface area contributed by atoms with Gasteiger partial charge in [0.1, 0.15) is 5.75 Å². The van der Waals surface area contributed by atoms with Gasteiger partial charge in [-0.05, 0) is 43.9 Å². The standard InChI is InChI=1S/C17H19N5O3S/c1-2-21-16(23)18-19-17(21)26(24,25)11-14-13-9-6-10-15(13)22(20-14)12-7-4-3-5-8-12/h3-5,7-8H,2,6,9-11H2,1H3,(H,18,23). The van der Waals surface area contributed by atoms with Gasteiger partial charge in [0.2, 0.25) is 9.84 Å². The van der Waals surface area contributed by atoms with Crippen LogP contribution in [0.1, 0.15) is 30.3 Å². The zero-order chi connectivity index (χ0) is 18.3. The van der Waals surface area contributed by atoms with Crippen molar-refractivity contribution in [3.8, 4) is 5.69 Å². The van der Waals surface area contributed by atoms with Crippen LogP contribution in [0.3, 0.4) is 0 Å². The lowest BCUT2D eigenvalue weighted by Gasteiger charge is -2.05. The predicted octanol–water partition coefficient (Wildman–Crippen LogP) is 1.24. The Hall–Kier alpha value is -2.68. The van der Waals surface area contributed by atoms with Crippen LogP contribution in [0.25, 0.3) is 5.69 Å². The number of benzene rings is 1. The van der Waals surface area contributed by atoms with Crippen LogP contribution >= 0.6 is 0 Å². The molecule has 2 heterocycles. The number of fused-ring (bicyclic) bond motifs is 1. The summed E-state index contributed by atoms with van der Waals surface area (Å²) in [6, 6.07) is 9.69. The summed E-state index contributed by atoms with van der Waals surface area (Å²) in [5.41, 5.74) is 3.00. The number of H-pyrrole nitrogens is 1. The van der Waals surface area contributed by atoms with E-state index in [0.29, 0.717) is 5.69 Å². The number of nitrogens with zero attached hydrogens (tertiary/aromatic N) is 4. The van der Waals surface area contributed by atoms with E-state index in [-0.39, 0.29) is 17.5 Å². The number of rotatable bonds is 5. The number of nitrogens with one attached hydrogen (secondary N) is 1. The molecule has 0 radical (unpaired) electrons. The van der Waals surface area contributed by atoms with Crippen molar-refractivity contribution < 1.29 is 8.42 Å². The van der Waals surface area contributed by atoms with Crippen molar-refractivity contribution in [1.82, 2.24) is 24.5 Å². The predicted molar refractivity (Wildman–Crippen MR) is 95.0 cm³/mol. The highest BCUT2D eigenvalue weighted by atomic mass is 32.2.